The van der Waals surface area contributed by atoms with Crippen LogP contribution in [0.4, 0.5) is 5.69 Å². The van der Waals surface area contributed by atoms with Crippen LogP contribution in [0.3, 0.4) is 0 Å². The normalized spacial score (nSPS) is 11.3. The predicted octanol–water partition coefficient (Wildman–Crippen LogP) is 3.40. The van der Waals surface area contributed by atoms with Crippen LogP contribution in [0, 0.1) is 0 Å². The van der Waals surface area contributed by atoms with Gasteiger partial charge in [-0.2, -0.15) is 0 Å². The Bertz CT molecular complexity index is 449. The third-order valence-corrected chi connectivity index (χ3v) is 2.71. The summed E-state index contributed by atoms with van der Waals surface area (Å²) in [6.45, 7) is 6.51. The molecule has 0 saturated carbocycles. The van der Waals surface area contributed by atoms with Gasteiger partial charge in [0.15, 0.2) is 0 Å². The highest BCUT2D eigenvalue weighted by Crippen LogP contribution is 2.16. The molecular formula is C16H23NO3. The molecule has 0 aliphatic carbocycles. The van der Waals surface area contributed by atoms with Gasteiger partial charge in [-0.15, -0.1) is 0 Å². The Morgan fingerprint density at radius 3 is 2.45 bits per heavy atom. The SMILES string of the molecule is CC/C(=C/CNc1ccc(OC(C)C)cc1)C(=O)OC. The molecule has 1 aromatic carbocycles. The monoisotopic (exact) mass is 277 g/mol. The number of ether oxygens (including phenoxy) is 2. The molecule has 0 bridgehead atoms. The molecule has 0 unspecified atom stereocenters. The minimum Gasteiger partial charge on any atom is -0.491 e. The number of anilines is 1. The molecule has 110 valence electrons. The zero-order chi connectivity index (χ0) is 15.0. The van der Waals surface area contributed by atoms with Crippen molar-refractivity contribution in [3.63, 3.8) is 0 Å². The van der Waals surface area contributed by atoms with Crippen LogP contribution in [0.2, 0.25) is 0 Å². The van der Waals surface area contributed by atoms with E-state index in [0.29, 0.717) is 18.5 Å². The number of methoxy groups -OCH3 is 1. The van der Waals surface area contributed by atoms with Crippen molar-refractivity contribution in [2.45, 2.75) is 33.3 Å². The molecule has 0 spiro atoms. The van der Waals surface area contributed by atoms with Crippen LogP contribution in [-0.2, 0) is 9.53 Å². The van der Waals surface area contributed by atoms with Gasteiger partial charge in [0, 0.05) is 17.8 Å². The van der Waals surface area contributed by atoms with E-state index in [0.717, 1.165) is 11.4 Å². The fourth-order valence-electron chi connectivity index (χ4n) is 1.72. The third kappa shape index (κ3) is 5.34. The van der Waals surface area contributed by atoms with Crippen molar-refractivity contribution in [2.75, 3.05) is 19.0 Å². The zero-order valence-electron chi connectivity index (χ0n) is 12.6. The van der Waals surface area contributed by atoms with E-state index < -0.39 is 0 Å². The highest BCUT2D eigenvalue weighted by Gasteiger charge is 2.05. The minimum atomic E-state index is -0.269. The summed E-state index contributed by atoms with van der Waals surface area (Å²) < 4.78 is 10.3. The molecule has 0 saturated heterocycles. The molecule has 0 heterocycles. The van der Waals surface area contributed by atoms with E-state index >= 15 is 0 Å². The number of rotatable bonds is 7. The lowest BCUT2D eigenvalue weighted by atomic mass is 10.2. The van der Waals surface area contributed by atoms with Crippen LogP contribution in [0.15, 0.2) is 35.9 Å². The molecule has 4 heteroatoms. The number of benzene rings is 1. The fraction of sp³-hybridized carbons (Fsp3) is 0.438. The molecule has 1 rings (SSSR count). The van der Waals surface area contributed by atoms with E-state index in [9.17, 15) is 4.79 Å². The van der Waals surface area contributed by atoms with E-state index in [1.165, 1.54) is 7.11 Å². The molecule has 0 radical (unpaired) electrons. The van der Waals surface area contributed by atoms with E-state index in [4.69, 9.17) is 9.47 Å². The first-order chi connectivity index (χ1) is 9.56. The summed E-state index contributed by atoms with van der Waals surface area (Å²) in [5.74, 6) is 0.583. The van der Waals surface area contributed by atoms with Gasteiger partial charge in [-0.05, 0) is 44.5 Å². The average molecular weight is 277 g/mol. The number of carbonyl (C=O) groups is 1. The second-order valence-corrected chi connectivity index (χ2v) is 4.65. The van der Waals surface area contributed by atoms with Crippen molar-refractivity contribution >= 4 is 11.7 Å². The second kappa shape index (κ2) is 8.25. The van der Waals surface area contributed by atoms with Crippen molar-refractivity contribution in [1.29, 1.82) is 0 Å². The Balaban J connectivity index is 2.53. The molecular weight excluding hydrogens is 254 g/mol. The smallest absolute Gasteiger partial charge is 0.333 e. The van der Waals surface area contributed by atoms with Crippen molar-refractivity contribution in [3.05, 3.63) is 35.9 Å². The summed E-state index contributed by atoms with van der Waals surface area (Å²) in [6.07, 6.45) is 2.68. The Morgan fingerprint density at radius 1 is 1.30 bits per heavy atom. The topological polar surface area (TPSA) is 47.6 Å². The molecule has 1 N–H and O–H groups in total. The summed E-state index contributed by atoms with van der Waals surface area (Å²) in [5, 5.41) is 3.23. The lowest BCUT2D eigenvalue weighted by molar-refractivity contribution is -0.136. The highest BCUT2D eigenvalue weighted by atomic mass is 16.5. The van der Waals surface area contributed by atoms with Gasteiger partial charge in [0.05, 0.1) is 13.2 Å². The van der Waals surface area contributed by atoms with Gasteiger partial charge in [-0.25, -0.2) is 4.79 Å². The summed E-state index contributed by atoms with van der Waals surface area (Å²) in [7, 11) is 1.40. The first kappa shape index (κ1) is 16.1. The molecule has 0 fully saturated rings. The van der Waals surface area contributed by atoms with Gasteiger partial charge in [-0.3, -0.25) is 0 Å². The minimum absolute atomic E-state index is 0.170. The maximum absolute atomic E-state index is 11.4. The molecule has 0 amide bonds. The first-order valence-electron chi connectivity index (χ1n) is 6.84. The maximum Gasteiger partial charge on any atom is 0.333 e. The van der Waals surface area contributed by atoms with Gasteiger partial charge in [0.25, 0.3) is 0 Å². The van der Waals surface area contributed by atoms with Gasteiger partial charge in [0.2, 0.25) is 0 Å². The number of hydrogen-bond donors (Lipinski definition) is 1. The van der Waals surface area contributed by atoms with Crippen molar-refractivity contribution in [3.8, 4) is 5.75 Å². The molecule has 0 aliphatic rings. The largest absolute Gasteiger partial charge is 0.491 e. The van der Waals surface area contributed by atoms with Gasteiger partial charge in [-0.1, -0.05) is 13.0 Å². The summed E-state index contributed by atoms with van der Waals surface area (Å²) >= 11 is 0. The zero-order valence-corrected chi connectivity index (χ0v) is 12.6. The number of hydrogen-bond acceptors (Lipinski definition) is 4. The second-order valence-electron chi connectivity index (χ2n) is 4.65. The molecule has 0 aliphatic heterocycles. The van der Waals surface area contributed by atoms with Crippen LogP contribution in [0.5, 0.6) is 5.75 Å². The molecule has 20 heavy (non-hydrogen) atoms. The number of esters is 1. The summed E-state index contributed by atoms with van der Waals surface area (Å²) in [6, 6.07) is 7.75. The van der Waals surface area contributed by atoms with Crippen LogP contribution < -0.4 is 10.1 Å². The van der Waals surface area contributed by atoms with Gasteiger partial charge < -0.3 is 14.8 Å². The first-order valence-corrected chi connectivity index (χ1v) is 6.84. The Hall–Kier alpha value is -1.97. The Morgan fingerprint density at radius 2 is 1.95 bits per heavy atom. The van der Waals surface area contributed by atoms with Gasteiger partial charge in [0.1, 0.15) is 5.75 Å². The molecule has 1 aromatic rings. The standard InChI is InChI=1S/C16H23NO3/c1-5-13(16(18)19-4)10-11-17-14-6-8-15(9-7-14)20-12(2)3/h6-10,12,17H,5,11H2,1-4H3/b13-10-. The fourth-order valence-corrected chi connectivity index (χ4v) is 1.72. The quantitative estimate of drug-likeness (QED) is 0.613. The average Bonchev–Trinajstić information content (AvgIpc) is 2.44. The van der Waals surface area contributed by atoms with Crippen molar-refractivity contribution in [2.24, 2.45) is 0 Å². The van der Waals surface area contributed by atoms with Gasteiger partial charge >= 0.3 is 5.97 Å². The van der Waals surface area contributed by atoms with Crippen molar-refractivity contribution < 1.29 is 14.3 Å². The van der Waals surface area contributed by atoms with E-state index in [2.05, 4.69) is 5.32 Å². The number of carbonyl (C=O) groups excluding carboxylic acids is 1. The van der Waals surface area contributed by atoms with Crippen molar-refractivity contribution in [1.82, 2.24) is 0 Å². The molecule has 0 aromatic heterocycles. The predicted molar refractivity (Wildman–Crippen MR) is 81.1 cm³/mol. The lowest BCUT2D eigenvalue weighted by Gasteiger charge is -2.10. The Kier molecular flexibility index (Phi) is 6.64. The number of nitrogens with one attached hydrogen (secondary N) is 1. The van der Waals surface area contributed by atoms with Crippen LogP contribution in [-0.4, -0.2) is 25.7 Å². The summed E-state index contributed by atoms with van der Waals surface area (Å²) in [5.41, 5.74) is 1.66. The Labute approximate surface area is 120 Å². The van der Waals surface area contributed by atoms with E-state index in [-0.39, 0.29) is 12.1 Å². The van der Waals surface area contributed by atoms with Crippen LogP contribution >= 0.6 is 0 Å². The highest BCUT2D eigenvalue weighted by molar-refractivity contribution is 5.88. The van der Waals surface area contributed by atoms with Crippen LogP contribution in [0.25, 0.3) is 0 Å². The third-order valence-electron chi connectivity index (χ3n) is 2.71. The molecule has 0 atom stereocenters. The maximum atomic E-state index is 11.4. The summed E-state index contributed by atoms with van der Waals surface area (Å²) in [4.78, 5) is 11.4. The molecule has 4 nitrogen and oxygen atoms in total. The van der Waals surface area contributed by atoms with E-state index in [1.807, 2.05) is 51.1 Å². The van der Waals surface area contributed by atoms with E-state index in [1.54, 1.807) is 0 Å². The van der Waals surface area contributed by atoms with Crippen LogP contribution in [0.1, 0.15) is 27.2 Å². The lowest BCUT2D eigenvalue weighted by Crippen LogP contribution is -2.07.